The first-order chi connectivity index (χ1) is 8.56. The van der Waals surface area contributed by atoms with Gasteiger partial charge in [-0.05, 0) is 19.4 Å². The Morgan fingerprint density at radius 1 is 1.67 bits per heavy atom. The van der Waals surface area contributed by atoms with E-state index in [0.29, 0.717) is 12.5 Å². The number of nitrogens with zero attached hydrogens (tertiary/aromatic N) is 2. The molecule has 0 spiro atoms. The molecule has 0 bridgehead atoms. The number of hydrogen-bond acceptors (Lipinski definition) is 4. The third kappa shape index (κ3) is 3.29. The lowest BCUT2D eigenvalue weighted by atomic mass is 9.98. The molecule has 1 aromatic rings. The quantitative estimate of drug-likeness (QED) is 0.912. The molecule has 1 aliphatic rings. The van der Waals surface area contributed by atoms with Gasteiger partial charge in [-0.3, -0.25) is 9.69 Å². The molecular formula is C13H20N2O2S. The molecule has 1 aliphatic heterocycles. The molecule has 1 atom stereocenters. The van der Waals surface area contributed by atoms with E-state index in [4.69, 9.17) is 5.11 Å². The average Bonchev–Trinajstić information content (AvgIpc) is 2.78. The minimum atomic E-state index is -0.666. The Balaban J connectivity index is 1.94. The van der Waals surface area contributed by atoms with Gasteiger partial charge in [-0.1, -0.05) is 13.8 Å². The summed E-state index contributed by atoms with van der Waals surface area (Å²) in [7, 11) is 0. The maximum atomic E-state index is 11.0. The van der Waals surface area contributed by atoms with Gasteiger partial charge in [-0.25, -0.2) is 4.98 Å². The van der Waals surface area contributed by atoms with Gasteiger partial charge in [-0.15, -0.1) is 11.3 Å². The summed E-state index contributed by atoms with van der Waals surface area (Å²) in [6.07, 6.45) is 1.78. The Labute approximate surface area is 112 Å². The summed E-state index contributed by atoms with van der Waals surface area (Å²) in [5.74, 6) is -0.403. The number of aliphatic carboxylic acids is 1. The SMILES string of the molecule is CC(C)c1nc(CN2CCC[C@@H](C(=O)O)C2)cs1. The van der Waals surface area contributed by atoms with Crippen molar-refractivity contribution < 1.29 is 9.90 Å². The second kappa shape index (κ2) is 5.80. The summed E-state index contributed by atoms with van der Waals surface area (Å²) in [5.41, 5.74) is 1.08. The maximum absolute atomic E-state index is 11.0. The molecule has 0 aromatic carbocycles. The highest BCUT2D eigenvalue weighted by Crippen LogP contribution is 2.22. The van der Waals surface area contributed by atoms with E-state index in [1.807, 2.05) is 0 Å². The number of rotatable bonds is 4. The molecule has 0 aliphatic carbocycles. The summed E-state index contributed by atoms with van der Waals surface area (Å²) in [5, 5.41) is 12.3. The fraction of sp³-hybridized carbons (Fsp3) is 0.692. The molecule has 100 valence electrons. The highest BCUT2D eigenvalue weighted by atomic mass is 32.1. The molecule has 1 aromatic heterocycles. The van der Waals surface area contributed by atoms with Crippen LogP contribution in [0.15, 0.2) is 5.38 Å². The first-order valence-electron chi connectivity index (χ1n) is 6.45. The zero-order valence-electron chi connectivity index (χ0n) is 10.9. The van der Waals surface area contributed by atoms with Crippen LogP contribution in [0.3, 0.4) is 0 Å². The third-order valence-corrected chi connectivity index (χ3v) is 4.50. The van der Waals surface area contributed by atoms with E-state index in [1.54, 1.807) is 11.3 Å². The van der Waals surface area contributed by atoms with Gasteiger partial charge in [0.25, 0.3) is 0 Å². The van der Waals surface area contributed by atoms with Crippen molar-refractivity contribution in [3.8, 4) is 0 Å². The van der Waals surface area contributed by atoms with Crippen molar-refractivity contribution in [1.29, 1.82) is 0 Å². The molecule has 2 heterocycles. The molecule has 4 nitrogen and oxygen atoms in total. The lowest BCUT2D eigenvalue weighted by molar-refractivity contribution is -0.143. The van der Waals surface area contributed by atoms with Crippen LogP contribution in [0.5, 0.6) is 0 Å². The molecule has 0 radical (unpaired) electrons. The molecule has 1 fully saturated rings. The van der Waals surface area contributed by atoms with Crippen LogP contribution < -0.4 is 0 Å². The predicted octanol–water partition coefficient (Wildman–Crippen LogP) is 2.56. The normalized spacial score (nSPS) is 21.4. The average molecular weight is 268 g/mol. The number of carboxylic acid groups (broad SMARTS) is 1. The summed E-state index contributed by atoms with van der Waals surface area (Å²) in [4.78, 5) is 17.8. The number of aromatic nitrogens is 1. The first-order valence-corrected chi connectivity index (χ1v) is 7.33. The Morgan fingerprint density at radius 3 is 3.06 bits per heavy atom. The van der Waals surface area contributed by atoms with Gasteiger partial charge >= 0.3 is 5.97 Å². The van der Waals surface area contributed by atoms with Gasteiger partial charge in [-0.2, -0.15) is 0 Å². The van der Waals surface area contributed by atoms with E-state index in [-0.39, 0.29) is 5.92 Å². The Hall–Kier alpha value is -0.940. The highest BCUT2D eigenvalue weighted by Gasteiger charge is 2.25. The van der Waals surface area contributed by atoms with Gasteiger partial charge in [0.1, 0.15) is 0 Å². The number of likely N-dealkylation sites (tertiary alicyclic amines) is 1. The number of piperidine rings is 1. The second-order valence-electron chi connectivity index (χ2n) is 5.24. The molecule has 1 saturated heterocycles. The smallest absolute Gasteiger partial charge is 0.307 e. The third-order valence-electron chi connectivity index (χ3n) is 3.30. The standard InChI is InChI=1S/C13H20N2O2S/c1-9(2)12-14-11(8-18-12)7-15-5-3-4-10(6-15)13(16)17/h8-10H,3-7H2,1-2H3,(H,16,17)/t10-/m1/s1. The van der Waals surface area contributed by atoms with Gasteiger partial charge in [0.05, 0.1) is 16.6 Å². The van der Waals surface area contributed by atoms with E-state index in [0.717, 1.165) is 36.6 Å². The topological polar surface area (TPSA) is 53.4 Å². The van der Waals surface area contributed by atoms with Crippen molar-refractivity contribution in [3.05, 3.63) is 16.1 Å². The van der Waals surface area contributed by atoms with E-state index in [1.165, 1.54) is 0 Å². The second-order valence-corrected chi connectivity index (χ2v) is 6.13. The summed E-state index contributed by atoms with van der Waals surface area (Å²) >= 11 is 1.70. The lowest BCUT2D eigenvalue weighted by Crippen LogP contribution is -2.38. The molecule has 0 amide bonds. The number of hydrogen-bond donors (Lipinski definition) is 1. The van der Waals surface area contributed by atoms with Crippen molar-refractivity contribution >= 4 is 17.3 Å². The fourth-order valence-electron chi connectivity index (χ4n) is 2.29. The van der Waals surface area contributed by atoms with Crippen molar-refractivity contribution in [2.75, 3.05) is 13.1 Å². The fourth-order valence-corrected chi connectivity index (χ4v) is 3.12. The molecule has 5 heteroatoms. The first kappa shape index (κ1) is 13.5. The minimum absolute atomic E-state index is 0.207. The monoisotopic (exact) mass is 268 g/mol. The van der Waals surface area contributed by atoms with Crippen LogP contribution in [0.2, 0.25) is 0 Å². The van der Waals surface area contributed by atoms with Gasteiger partial charge in [0, 0.05) is 24.4 Å². The van der Waals surface area contributed by atoms with E-state index < -0.39 is 5.97 Å². The van der Waals surface area contributed by atoms with Crippen LogP contribution in [0.25, 0.3) is 0 Å². The van der Waals surface area contributed by atoms with Gasteiger partial charge < -0.3 is 5.11 Å². The van der Waals surface area contributed by atoms with Crippen LogP contribution in [-0.2, 0) is 11.3 Å². The molecule has 2 rings (SSSR count). The molecule has 0 saturated carbocycles. The summed E-state index contributed by atoms with van der Waals surface area (Å²) < 4.78 is 0. The number of thiazole rings is 1. The Bertz CT molecular complexity index is 417. The van der Waals surface area contributed by atoms with E-state index in [2.05, 4.69) is 29.1 Å². The van der Waals surface area contributed by atoms with E-state index >= 15 is 0 Å². The van der Waals surface area contributed by atoms with Gasteiger partial charge in [0.2, 0.25) is 0 Å². The largest absolute Gasteiger partial charge is 0.481 e. The Morgan fingerprint density at radius 2 is 2.44 bits per heavy atom. The van der Waals surface area contributed by atoms with Crippen LogP contribution in [0.4, 0.5) is 0 Å². The number of carbonyl (C=O) groups is 1. The van der Waals surface area contributed by atoms with Crippen molar-refractivity contribution in [1.82, 2.24) is 9.88 Å². The van der Waals surface area contributed by atoms with Crippen molar-refractivity contribution in [3.63, 3.8) is 0 Å². The van der Waals surface area contributed by atoms with Gasteiger partial charge in [0.15, 0.2) is 0 Å². The highest BCUT2D eigenvalue weighted by molar-refractivity contribution is 7.09. The summed E-state index contributed by atoms with van der Waals surface area (Å²) in [6, 6.07) is 0. The molecule has 18 heavy (non-hydrogen) atoms. The maximum Gasteiger partial charge on any atom is 0.307 e. The lowest BCUT2D eigenvalue weighted by Gasteiger charge is -2.29. The van der Waals surface area contributed by atoms with Crippen LogP contribution in [0.1, 0.15) is 43.3 Å². The van der Waals surface area contributed by atoms with Crippen LogP contribution in [0, 0.1) is 5.92 Å². The molecular weight excluding hydrogens is 248 g/mol. The zero-order chi connectivity index (χ0) is 13.1. The minimum Gasteiger partial charge on any atom is -0.481 e. The van der Waals surface area contributed by atoms with Crippen LogP contribution in [-0.4, -0.2) is 34.0 Å². The predicted molar refractivity (Wildman–Crippen MR) is 71.8 cm³/mol. The van der Waals surface area contributed by atoms with Crippen molar-refractivity contribution in [2.24, 2.45) is 5.92 Å². The summed E-state index contributed by atoms with van der Waals surface area (Å²) in [6.45, 7) is 6.71. The molecule has 1 N–H and O–H groups in total. The van der Waals surface area contributed by atoms with Crippen LogP contribution >= 0.6 is 11.3 Å². The zero-order valence-corrected chi connectivity index (χ0v) is 11.7. The number of carboxylic acids is 1. The van der Waals surface area contributed by atoms with Crippen molar-refractivity contribution in [2.45, 2.75) is 39.2 Å². The molecule has 0 unspecified atom stereocenters. The van der Waals surface area contributed by atoms with E-state index in [9.17, 15) is 4.79 Å². The Kier molecular flexibility index (Phi) is 4.35.